The summed E-state index contributed by atoms with van der Waals surface area (Å²) in [5.41, 5.74) is 4.99. The molecule has 0 spiro atoms. The Morgan fingerprint density at radius 2 is 2.00 bits per heavy atom. The maximum absolute atomic E-state index is 11.7. The monoisotopic (exact) mass is 413 g/mol. The molecule has 3 heterocycles. The van der Waals surface area contributed by atoms with Gasteiger partial charge in [0.2, 0.25) is 0 Å². The Hall–Kier alpha value is -1.50. The fraction of sp³-hybridized carbons (Fsp3) is 0.609. The number of ether oxygens (including phenoxy) is 1. The van der Waals surface area contributed by atoms with E-state index in [1.165, 1.54) is 48.8 Å². The van der Waals surface area contributed by atoms with Gasteiger partial charge in [0.05, 0.1) is 0 Å². The van der Waals surface area contributed by atoms with Crippen LogP contribution < -0.4 is 0 Å². The summed E-state index contributed by atoms with van der Waals surface area (Å²) in [5, 5.41) is 0. The lowest BCUT2D eigenvalue weighted by atomic mass is 9.93. The molecule has 0 atom stereocenters. The van der Waals surface area contributed by atoms with E-state index >= 15 is 0 Å². The van der Waals surface area contributed by atoms with Crippen LogP contribution in [0, 0.1) is 0 Å². The van der Waals surface area contributed by atoms with E-state index in [2.05, 4.69) is 21.9 Å². The summed E-state index contributed by atoms with van der Waals surface area (Å²) in [4.78, 5) is 9.69. The first-order chi connectivity index (χ1) is 14.3. The predicted molar refractivity (Wildman–Crippen MR) is 117 cm³/mol. The first-order valence-electron chi connectivity index (χ1n) is 11.1. The van der Waals surface area contributed by atoms with Crippen LogP contribution in [0.5, 0.6) is 0 Å². The van der Waals surface area contributed by atoms with Gasteiger partial charge in [-0.3, -0.25) is 19.0 Å². The van der Waals surface area contributed by atoms with E-state index in [9.17, 15) is 4.21 Å². The summed E-state index contributed by atoms with van der Waals surface area (Å²) in [6, 6.07) is 4.87. The maximum Gasteiger partial charge on any atom is 0.151 e. The summed E-state index contributed by atoms with van der Waals surface area (Å²) in [6.07, 6.45) is 11.8. The van der Waals surface area contributed by atoms with E-state index in [1.54, 1.807) is 0 Å². The molecule has 5 rings (SSSR count). The van der Waals surface area contributed by atoms with Gasteiger partial charge in [-0.15, -0.1) is 0 Å². The van der Waals surface area contributed by atoms with E-state index < -0.39 is 10.8 Å². The van der Waals surface area contributed by atoms with Crippen LogP contribution in [-0.4, -0.2) is 69.5 Å². The molecule has 1 aromatic rings. The number of rotatable bonds is 3. The zero-order chi connectivity index (χ0) is 19.6. The van der Waals surface area contributed by atoms with Crippen molar-refractivity contribution in [1.29, 1.82) is 0 Å². The maximum atomic E-state index is 11.7. The second-order valence-corrected chi connectivity index (χ2v) is 10.5. The fourth-order valence-electron chi connectivity index (χ4n) is 5.14. The minimum atomic E-state index is -0.629. The van der Waals surface area contributed by atoms with E-state index in [0.29, 0.717) is 12.8 Å². The highest BCUT2D eigenvalue weighted by Gasteiger charge is 2.30. The molecule has 5 nitrogen and oxygen atoms in total. The minimum Gasteiger partial charge on any atom is -0.476 e. The third-order valence-electron chi connectivity index (χ3n) is 6.73. The Morgan fingerprint density at radius 1 is 1.17 bits per heavy atom. The Bertz CT molecular complexity index is 834. The molecule has 0 amide bonds. The van der Waals surface area contributed by atoms with Gasteiger partial charge in [0.15, 0.2) is 5.76 Å². The first-order valence-corrected chi connectivity index (χ1v) is 12.6. The fourth-order valence-corrected chi connectivity index (χ4v) is 6.27. The van der Waals surface area contributed by atoms with Gasteiger partial charge in [-0.1, -0.05) is 37.0 Å². The van der Waals surface area contributed by atoms with E-state index in [-0.39, 0.29) is 0 Å². The molecule has 1 saturated heterocycles. The second-order valence-electron chi connectivity index (χ2n) is 8.78. The quantitative estimate of drug-likeness (QED) is 0.762. The predicted octanol–water partition coefficient (Wildman–Crippen LogP) is 2.96. The molecular formula is C23H31N3O2S. The van der Waals surface area contributed by atoms with Gasteiger partial charge in [0.1, 0.15) is 12.4 Å². The second kappa shape index (κ2) is 8.70. The average Bonchev–Trinajstić information content (AvgIpc) is 2.91. The standard InChI is InChI=1S/C23H31N3O2S/c27-29-11-9-25(10-12-29)15-18-13-19-5-4-8-24-22(19)23-20(14-18)16-26(17-28-23)21-6-2-1-3-7-21/h4-5,8,14,21H,1-3,6-7,9-13,15-17H2. The molecule has 2 aliphatic heterocycles. The van der Waals surface area contributed by atoms with Crippen LogP contribution in [0.3, 0.4) is 0 Å². The van der Waals surface area contributed by atoms with E-state index in [4.69, 9.17) is 9.72 Å². The molecule has 0 radical (unpaired) electrons. The molecular weight excluding hydrogens is 382 g/mol. The first kappa shape index (κ1) is 19.5. The van der Waals surface area contributed by atoms with E-state index in [1.807, 2.05) is 12.3 Å². The van der Waals surface area contributed by atoms with Gasteiger partial charge in [-0.05, 0) is 30.9 Å². The Morgan fingerprint density at radius 3 is 2.83 bits per heavy atom. The SMILES string of the molecule is O=S1CCN(CC2=CC3=C(OCN(C4CCCCC4)C3)c3ncccc3C2)CC1. The molecule has 0 N–H and O–H groups in total. The normalized spacial score (nSPS) is 25.0. The minimum absolute atomic E-state index is 0.629. The number of pyridine rings is 1. The molecule has 29 heavy (non-hydrogen) atoms. The lowest BCUT2D eigenvalue weighted by Crippen LogP contribution is -2.42. The highest BCUT2D eigenvalue weighted by Crippen LogP contribution is 2.34. The van der Waals surface area contributed by atoms with Crippen molar-refractivity contribution in [2.24, 2.45) is 0 Å². The van der Waals surface area contributed by atoms with Crippen molar-refractivity contribution in [3.63, 3.8) is 0 Å². The van der Waals surface area contributed by atoms with Crippen LogP contribution in [0.25, 0.3) is 5.76 Å². The third-order valence-corrected chi connectivity index (χ3v) is 8.01. The lowest BCUT2D eigenvalue weighted by Gasteiger charge is -2.37. The van der Waals surface area contributed by atoms with Gasteiger partial charge in [-0.25, -0.2) is 0 Å². The smallest absolute Gasteiger partial charge is 0.151 e. The van der Waals surface area contributed by atoms with Gasteiger partial charge < -0.3 is 4.74 Å². The Balaban J connectivity index is 1.41. The molecule has 1 aromatic heterocycles. The number of aromatic nitrogens is 1. The summed E-state index contributed by atoms with van der Waals surface area (Å²) >= 11 is 0. The van der Waals surface area contributed by atoms with Gasteiger partial charge >= 0.3 is 0 Å². The van der Waals surface area contributed by atoms with Crippen LogP contribution in [0.1, 0.15) is 43.4 Å². The summed E-state index contributed by atoms with van der Waals surface area (Å²) < 4.78 is 18.1. The molecule has 6 heteroatoms. The molecule has 1 saturated carbocycles. The highest BCUT2D eigenvalue weighted by atomic mass is 32.2. The van der Waals surface area contributed by atoms with E-state index in [0.717, 1.165) is 55.6 Å². The van der Waals surface area contributed by atoms with Gasteiger partial charge in [0.25, 0.3) is 0 Å². The lowest BCUT2D eigenvalue weighted by molar-refractivity contribution is 0.0449. The Kier molecular flexibility index (Phi) is 5.84. The van der Waals surface area contributed by atoms with Crippen molar-refractivity contribution in [3.8, 4) is 0 Å². The van der Waals surface area contributed by atoms with Crippen LogP contribution in [0.4, 0.5) is 0 Å². The molecule has 2 aliphatic carbocycles. The van der Waals surface area contributed by atoms with Gasteiger partial charge in [0, 0.05) is 66.3 Å². The number of fused-ring (bicyclic) bond motifs is 2. The molecule has 4 aliphatic rings. The number of hydrogen-bond donors (Lipinski definition) is 0. The molecule has 0 bridgehead atoms. The number of nitrogens with zero attached hydrogens (tertiary/aromatic N) is 3. The van der Waals surface area contributed by atoms with Crippen LogP contribution in [0.2, 0.25) is 0 Å². The largest absolute Gasteiger partial charge is 0.476 e. The van der Waals surface area contributed by atoms with Crippen LogP contribution in [0.15, 0.2) is 35.6 Å². The van der Waals surface area contributed by atoms with Crippen molar-refractivity contribution >= 4 is 16.6 Å². The molecule has 2 fully saturated rings. The van der Waals surface area contributed by atoms with Crippen molar-refractivity contribution in [2.45, 2.75) is 44.6 Å². The van der Waals surface area contributed by atoms with Crippen LogP contribution in [-0.2, 0) is 22.0 Å². The topological polar surface area (TPSA) is 45.7 Å². The number of hydrogen-bond acceptors (Lipinski definition) is 5. The average molecular weight is 414 g/mol. The van der Waals surface area contributed by atoms with Crippen molar-refractivity contribution < 1.29 is 8.95 Å². The molecule has 0 aromatic carbocycles. The van der Waals surface area contributed by atoms with Crippen molar-refractivity contribution in [3.05, 3.63) is 46.8 Å². The molecule has 156 valence electrons. The Labute approximate surface area is 176 Å². The molecule has 0 unspecified atom stereocenters. The van der Waals surface area contributed by atoms with Crippen molar-refractivity contribution in [2.75, 3.05) is 44.4 Å². The summed E-state index contributed by atoms with van der Waals surface area (Å²) in [5.74, 6) is 2.60. The van der Waals surface area contributed by atoms with Gasteiger partial charge in [-0.2, -0.15) is 0 Å². The van der Waals surface area contributed by atoms with Crippen molar-refractivity contribution in [1.82, 2.24) is 14.8 Å². The third kappa shape index (κ3) is 4.35. The summed E-state index contributed by atoms with van der Waals surface area (Å²) in [7, 11) is -0.629. The zero-order valence-corrected chi connectivity index (χ0v) is 18.0. The van der Waals surface area contributed by atoms with Crippen LogP contribution >= 0.6 is 0 Å². The zero-order valence-electron chi connectivity index (χ0n) is 17.1. The summed E-state index contributed by atoms with van der Waals surface area (Å²) in [6.45, 7) is 4.46. The highest BCUT2D eigenvalue weighted by molar-refractivity contribution is 7.85.